The number of nitro benzene ring substituents is 1. The van der Waals surface area contributed by atoms with Crippen LogP contribution in [0.25, 0.3) is 11.4 Å². The molecule has 1 unspecified atom stereocenters. The molecule has 28 heavy (non-hydrogen) atoms. The van der Waals surface area contributed by atoms with Crippen molar-refractivity contribution in [3.05, 3.63) is 75.9 Å². The molecule has 2 aromatic carbocycles. The van der Waals surface area contributed by atoms with Crippen molar-refractivity contribution in [1.29, 1.82) is 0 Å². The molecule has 1 aliphatic heterocycles. The molecule has 2 heterocycles. The maximum Gasteiger partial charge on any atom is 0.270 e. The van der Waals surface area contributed by atoms with Crippen molar-refractivity contribution in [1.82, 2.24) is 15.0 Å². The van der Waals surface area contributed by atoms with Gasteiger partial charge in [0.05, 0.1) is 4.92 Å². The second-order valence-corrected chi connectivity index (χ2v) is 6.43. The molecule has 0 N–H and O–H groups in total. The summed E-state index contributed by atoms with van der Waals surface area (Å²) in [6, 6.07) is 10.9. The van der Waals surface area contributed by atoms with Crippen LogP contribution >= 0.6 is 0 Å². The first-order valence-corrected chi connectivity index (χ1v) is 8.68. The highest BCUT2D eigenvalue weighted by molar-refractivity contribution is 5.95. The molecule has 142 valence electrons. The molecule has 0 saturated carbocycles. The van der Waals surface area contributed by atoms with E-state index in [-0.39, 0.29) is 28.9 Å². The maximum atomic E-state index is 13.1. The first-order chi connectivity index (χ1) is 13.5. The smallest absolute Gasteiger partial charge is 0.270 e. The number of likely N-dealkylation sites (tertiary alicyclic amines) is 1. The Morgan fingerprint density at radius 2 is 2.04 bits per heavy atom. The van der Waals surface area contributed by atoms with Gasteiger partial charge in [-0.05, 0) is 43.2 Å². The van der Waals surface area contributed by atoms with Crippen molar-refractivity contribution in [2.24, 2.45) is 0 Å². The molecule has 0 aliphatic carbocycles. The van der Waals surface area contributed by atoms with Gasteiger partial charge in [0.2, 0.25) is 11.7 Å². The summed E-state index contributed by atoms with van der Waals surface area (Å²) in [5.41, 5.74) is 0.698. The van der Waals surface area contributed by atoms with Crippen LogP contribution in [0.1, 0.15) is 35.1 Å². The zero-order valence-electron chi connectivity index (χ0n) is 14.6. The lowest BCUT2D eigenvalue weighted by Gasteiger charge is -2.21. The molecular weight excluding hydrogens is 367 g/mol. The van der Waals surface area contributed by atoms with E-state index in [0.717, 1.165) is 6.42 Å². The van der Waals surface area contributed by atoms with Crippen molar-refractivity contribution in [3.63, 3.8) is 0 Å². The molecule has 1 saturated heterocycles. The van der Waals surface area contributed by atoms with Gasteiger partial charge in [0.15, 0.2) is 0 Å². The summed E-state index contributed by atoms with van der Waals surface area (Å²) in [6.07, 6.45) is 1.39. The van der Waals surface area contributed by atoms with Gasteiger partial charge in [-0.2, -0.15) is 4.98 Å². The molecule has 1 aliphatic rings. The third-order valence-electron chi connectivity index (χ3n) is 4.65. The summed E-state index contributed by atoms with van der Waals surface area (Å²) in [6.45, 7) is 0.487. The normalized spacial score (nSPS) is 16.3. The number of aromatic nitrogens is 2. The molecule has 8 nitrogen and oxygen atoms in total. The highest BCUT2D eigenvalue weighted by Crippen LogP contribution is 2.33. The molecule has 1 fully saturated rings. The van der Waals surface area contributed by atoms with Gasteiger partial charge in [0.25, 0.3) is 11.6 Å². The van der Waals surface area contributed by atoms with Gasteiger partial charge in [0, 0.05) is 29.8 Å². The number of amides is 1. The largest absolute Gasteiger partial charge is 0.337 e. The van der Waals surface area contributed by atoms with E-state index in [1.165, 1.54) is 30.3 Å². The Bertz CT molecular complexity index is 1030. The molecule has 0 radical (unpaired) electrons. The number of nitro groups is 1. The molecule has 0 bridgehead atoms. The summed E-state index contributed by atoms with van der Waals surface area (Å²) in [7, 11) is 0. The number of rotatable bonds is 4. The van der Waals surface area contributed by atoms with Crippen LogP contribution < -0.4 is 0 Å². The van der Waals surface area contributed by atoms with Crippen LogP contribution in [-0.2, 0) is 0 Å². The Labute approximate surface area is 158 Å². The topological polar surface area (TPSA) is 102 Å². The van der Waals surface area contributed by atoms with Gasteiger partial charge in [-0.15, -0.1) is 0 Å². The lowest BCUT2D eigenvalue weighted by atomic mass is 10.1. The monoisotopic (exact) mass is 382 g/mol. The van der Waals surface area contributed by atoms with Crippen LogP contribution in [0.3, 0.4) is 0 Å². The Morgan fingerprint density at radius 3 is 2.79 bits per heavy atom. The number of non-ortho nitro benzene ring substituents is 1. The standard InChI is InChI=1S/C19H15FN4O4/c20-14-8-6-12(7-9-14)17-21-18(28-22-17)16-5-2-10-23(16)19(25)13-3-1-4-15(11-13)24(26)27/h1,3-4,6-9,11,16H,2,5,10H2. The van der Waals surface area contributed by atoms with Gasteiger partial charge >= 0.3 is 0 Å². The maximum absolute atomic E-state index is 13.1. The predicted octanol–water partition coefficient (Wildman–Crippen LogP) is 3.76. The fraction of sp³-hybridized carbons (Fsp3) is 0.211. The van der Waals surface area contributed by atoms with Gasteiger partial charge in [0.1, 0.15) is 11.9 Å². The Kier molecular flexibility index (Phi) is 4.56. The predicted molar refractivity (Wildman–Crippen MR) is 95.8 cm³/mol. The minimum Gasteiger partial charge on any atom is -0.337 e. The third-order valence-corrected chi connectivity index (χ3v) is 4.65. The van der Waals surface area contributed by atoms with Crippen LogP contribution in [-0.4, -0.2) is 32.4 Å². The van der Waals surface area contributed by atoms with Gasteiger partial charge in [-0.3, -0.25) is 14.9 Å². The summed E-state index contributed by atoms with van der Waals surface area (Å²) in [4.78, 5) is 29.3. The number of halogens is 1. The average molecular weight is 382 g/mol. The van der Waals surface area contributed by atoms with Crippen molar-refractivity contribution < 1.29 is 18.6 Å². The lowest BCUT2D eigenvalue weighted by Crippen LogP contribution is -2.30. The fourth-order valence-corrected chi connectivity index (χ4v) is 3.27. The van der Waals surface area contributed by atoms with E-state index < -0.39 is 11.0 Å². The SMILES string of the molecule is O=C(c1cccc([N+](=O)[O-])c1)N1CCCC1c1nc(-c2ccc(F)cc2)no1. The lowest BCUT2D eigenvalue weighted by molar-refractivity contribution is -0.384. The van der Waals surface area contributed by atoms with Crippen LogP contribution in [0.15, 0.2) is 53.1 Å². The minimum atomic E-state index is -0.536. The second-order valence-electron chi connectivity index (χ2n) is 6.43. The van der Waals surface area contributed by atoms with Crippen LogP contribution in [0, 0.1) is 15.9 Å². The molecule has 1 atom stereocenters. The summed E-state index contributed by atoms with van der Waals surface area (Å²) in [5, 5.41) is 14.9. The van der Waals surface area contributed by atoms with Crippen LogP contribution in [0.4, 0.5) is 10.1 Å². The van der Waals surface area contributed by atoms with E-state index in [1.54, 1.807) is 23.1 Å². The van der Waals surface area contributed by atoms with Crippen molar-refractivity contribution in [3.8, 4) is 11.4 Å². The van der Waals surface area contributed by atoms with Crippen LogP contribution in [0.2, 0.25) is 0 Å². The van der Waals surface area contributed by atoms with Crippen molar-refractivity contribution in [2.75, 3.05) is 6.54 Å². The Hall–Kier alpha value is -3.62. The molecule has 0 spiro atoms. The van der Waals surface area contributed by atoms with E-state index >= 15 is 0 Å². The third kappa shape index (κ3) is 3.34. The summed E-state index contributed by atoms with van der Waals surface area (Å²) >= 11 is 0. The molecule has 3 aromatic rings. The first kappa shape index (κ1) is 17.8. The van der Waals surface area contributed by atoms with Gasteiger partial charge < -0.3 is 9.42 Å². The van der Waals surface area contributed by atoms with E-state index in [0.29, 0.717) is 24.4 Å². The van der Waals surface area contributed by atoms with Crippen molar-refractivity contribution in [2.45, 2.75) is 18.9 Å². The van der Waals surface area contributed by atoms with E-state index in [2.05, 4.69) is 10.1 Å². The fourth-order valence-electron chi connectivity index (χ4n) is 3.27. The molecule has 1 amide bonds. The summed E-state index contributed by atoms with van der Waals surface area (Å²) < 4.78 is 18.4. The van der Waals surface area contributed by atoms with Crippen LogP contribution in [0.5, 0.6) is 0 Å². The van der Waals surface area contributed by atoms with Gasteiger partial charge in [-0.1, -0.05) is 11.2 Å². The summed E-state index contributed by atoms with van der Waals surface area (Å²) in [5.74, 6) is -0.0926. The quantitative estimate of drug-likeness (QED) is 0.503. The average Bonchev–Trinajstić information content (AvgIpc) is 3.37. The highest BCUT2D eigenvalue weighted by Gasteiger charge is 2.35. The minimum absolute atomic E-state index is 0.141. The number of carbonyl (C=O) groups excluding carboxylic acids is 1. The molecule has 9 heteroatoms. The Morgan fingerprint density at radius 1 is 1.25 bits per heavy atom. The number of nitrogens with zero attached hydrogens (tertiary/aromatic N) is 4. The number of hydrogen-bond donors (Lipinski definition) is 0. The molecule has 1 aromatic heterocycles. The Balaban J connectivity index is 1.59. The zero-order chi connectivity index (χ0) is 19.7. The second kappa shape index (κ2) is 7.18. The van der Waals surface area contributed by atoms with Gasteiger partial charge in [-0.25, -0.2) is 4.39 Å². The number of carbonyl (C=O) groups is 1. The first-order valence-electron chi connectivity index (χ1n) is 8.68. The number of benzene rings is 2. The highest BCUT2D eigenvalue weighted by atomic mass is 19.1. The van der Waals surface area contributed by atoms with E-state index in [1.807, 2.05) is 0 Å². The van der Waals surface area contributed by atoms with E-state index in [9.17, 15) is 19.3 Å². The van der Waals surface area contributed by atoms with Crippen molar-refractivity contribution >= 4 is 11.6 Å². The van der Waals surface area contributed by atoms with E-state index in [4.69, 9.17) is 4.52 Å². The molecule has 4 rings (SSSR count). The molecular formula is C19H15FN4O4. The number of hydrogen-bond acceptors (Lipinski definition) is 6. The zero-order valence-corrected chi connectivity index (χ0v) is 14.6.